The zero-order valence-corrected chi connectivity index (χ0v) is 24.5. The normalized spacial score (nSPS) is 14.7. The van der Waals surface area contributed by atoms with Gasteiger partial charge in [0.25, 0.3) is 0 Å². The Balaban J connectivity index is 1.39. The fourth-order valence-corrected chi connectivity index (χ4v) is 9.36. The van der Waals surface area contributed by atoms with Crippen LogP contribution in [0.15, 0.2) is 66.7 Å². The van der Waals surface area contributed by atoms with Gasteiger partial charge in [-0.05, 0) is 13.0 Å². The first kappa shape index (κ1) is 27.5. The molecule has 4 rings (SSSR count). The summed E-state index contributed by atoms with van der Waals surface area (Å²) in [6.07, 6.45) is 7.58. The van der Waals surface area contributed by atoms with Crippen molar-refractivity contribution in [3.05, 3.63) is 72.3 Å². The van der Waals surface area contributed by atoms with Gasteiger partial charge in [0, 0.05) is 0 Å². The van der Waals surface area contributed by atoms with Crippen molar-refractivity contribution >= 4 is 18.3 Å². The summed E-state index contributed by atoms with van der Waals surface area (Å²) in [5.74, 6) is 2.45. The van der Waals surface area contributed by atoms with Crippen LogP contribution in [0.25, 0.3) is 11.1 Å². The topological polar surface area (TPSA) is 30.5 Å². The molecule has 0 radical (unpaired) electrons. The average Bonchev–Trinajstić information content (AvgIpc) is 3.78. The van der Waals surface area contributed by atoms with Crippen molar-refractivity contribution in [3.8, 4) is 22.6 Å². The molecule has 0 aliphatic heterocycles. The fraction of sp³-hybridized carbons (Fsp3) is 0.455. The Kier molecular flexibility index (Phi) is 9.54. The molecule has 37 heavy (non-hydrogen) atoms. The van der Waals surface area contributed by atoms with Crippen LogP contribution in [0.3, 0.4) is 0 Å². The molecule has 1 atom stereocenters. The molecule has 0 aromatic heterocycles. The van der Waals surface area contributed by atoms with Crippen LogP contribution in [-0.4, -0.2) is 38.7 Å². The van der Waals surface area contributed by atoms with E-state index in [1.54, 1.807) is 12.4 Å². The van der Waals surface area contributed by atoms with E-state index in [1.165, 1.54) is 48.5 Å². The number of hydrogen-bond acceptors (Lipinski definition) is 3. The van der Waals surface area contributed by atoms with Gasteiger partial charge in [0.15, 0.2) is 0 Å². The molecule has 0 bridgehead atoms. The van der Waals surface area contributed by atoms with Crippen LogP contribution in [0, 0.1) is 12.8 Å². The summed E-state index contributed by atoms with van der Waals surface area (Å²) < 4.78 is 11.9. The summed E-state index contributed by atoms with van der Waals surface area (Å²) in [5.41, 5.74) is 5.79. The van der Waals surface area contributed by atoms with Gasteiger partial charge in [0.1, 0.15) is 0 Å². The zero-order valence-electron chi connectivity index (χ0n) is 23.5. The van der Waals surface area contributed by atoms with E-state index in [0.29, 0.717) is 5.92 Å². The maximum absolute atomic E-state index is 6.42. The number of aryl methyl sites for hydroxylation is 1. The van der Waals surface area contributed by atoms with Gasteiger partial charge in [0.2, 0.25) is 0 Å². The number of rotatable bonds is 14. The molecule has 1 aliphatic carbocycles. The van der Waals surface area contributed by atoms with Gasteiger partial charge in [-0.1, -0.05) is 29.8 Å². The number of methoxy groups -OCH3 is 1. The predicted molar refractivity (Wildman–Crippen MR) is 164 cm³/mol. The Morgan fingerprint density at radius 3 is 2.41 bits per heavy atom. The van der Waals surface area contributed by atoms with Crippen LogP contribution >= 0.6 is 7.26 Å². The second-order valence-electron chi connectivity index (χ2n) is 11.0. The summed E-state index contributed by atoms with van der Waals surface area (Å²) in [7, 11) is 0.355. The minimum atomic E-state index is -1.37. The van der Waals surface area contributed by atoms with E-state index in [1.807, 2.05) is 6.07 Å². The Morgan fingerprint density at radius 2 is 1.73 bits per heavy atom. The zero-order chi connectivity index (χ0) is 26.3. The summed E-state index contributed by atoms with van der Waals surface area (Å²) >= 11 is 0. The first-order chi connectivity index (χ1) is 18.0. The van der Waals surface area contributed by atoms with Crippen molar-refractivity contribution in [2.24, 2.45) is 5.92 Å². The second kappa shape index (κ2) is 12.8. The van der Waals surface area contributed by atoms with Crippen molar-refractivity contribution in [1.29, 1.82) is 0 Å². The summed E-state index contributed by atoms with van der Waals surface area (Å²) in [6.45, 7) is 11.0. The number of anilines is 1. The third kappa shape index (κ3) is 7.08. The van der Waals surface area contributed by atoms with Crippen molar-refractivity contribution in [3.63, 3.8) is 0 Å². The van der Waals surface area contributed by atoms with E-state index >= 15 is 0 Å². The molecule has 3 nitrogen and oxygen atoms in total. The maximum atomic E-state index is 6.42. The second-order valence-corrected chi connectivity index (χ2v) is 16.0. The fourth-order valence-electron chi connectivity index (χ4n) is 5.52. The molecule has 4 heteroatoms. The average molecular weight is 520 g/mol. The summed E-state index contributed by atoms with van der Waals surface area (Å²) in [4.78, 5) is 0. The molecular weight excluding hydrogens is 473 g/mol. The first-order valence-electron chi connectivity index (χ1n) is 14.2. The summed E-state index contributed by atoms with van der Waals surface area (Å²) in [5, 5.41) is 5.29. The van der Waals surface area contributed by atoms with Crippen molar-refractivity contribution in [2.75, 3.05) is 38.4 Å². The van der Waals surface area contributed by atoms with Gasteiger partial charge in [-0.25, -0.2) is 0 Å². The molecule has 200 valence electrons. The molecule has 0 saturated heterocycles. The summed E-state index contributed by atoms with van der Waals surface area (Å²) in [6, 6.07) is 24.1. The molecule has 1 unspecified atom stereocenters. The molecule has 1 aliphatic rings. The molecule has 0 spiro atoms. The molecule has 0 heterocycles. The van der Waals surface area contributed by atoms with Gasteiger partial charge >= 0.3 is 171 Å². The van der Waals surface area contributed by atoms with E-state index in [2.05, 4.69) is 93.4 Å². The Hall–Kier alpha value is -2.51. The SMILES string of the molecule is CCCC(CCNc1cc(OC)ccc1-c1ccc(C)cc1)COc1cccc([PH](C)(CC)C2CC2)c1. The van der Waals surface area contributed by atoms with E-state index in [-0.39, 0.29) is 0 Å². The molecular formula is C33H46NO2P. The van der Waals surface area contributed by atoms with Crippen LogP contribution < -0.4 is 20.1 Å². The predicted octanol–water partition coefficient (Wildman–Crippen LogP) is 8.16. The van der Waals surface area contributed by atoms with E-state index in [4.69, 9.17) is 9.47 Å². The number of nitrogens with one attached hydrogen (secondary N) is 1. The van der Waals surface area contributed by atoms with Crippen LogP contribution in [0.4, 0.5) is 5.69 Å². The Morgan fingerprint density at radius 1 is 0.946 bits per heavy atom. The molecule has 1 fully saturated rings. The quantitative estimate of drug-likeness (QED) is 0.218. The van der Waals surface area contributed by atoms with Crippen molar-refractivity contribution < 1.29 is 9.47 Å². The standard InChI is InChI=1S/C33H46NO2P/c1-6-9-26(24-36-29-10-8-11-31(22-29)37(5,7-2)30-17-18-30)20-21-34-33-23-28(35-4)16-19-32(33)27-14-12-25(3)13-15-27/h8,10-16,19,22-23,26,30,34,37H,6-7,9,17-18,20-21,24H2,1-5H3. The van der Waals surface area contributed by atoms with Crippen molar-refractivity contribution in [1.82, 2.24) is 0 Å². The molecule has 3 aromatic carbocycles. The minimum absolute atomic E-state index is 0.521. The van der Waals surface area contributed by atoms with Crippen LogP contribution in [0.1, 0.15) is 51.5 Å². The van der Waals surface area contributed by atoms with Gasteiger partial charge in [0.05, 0.1) is 7.11 Å². The van der Waals surface area contributed by atoms with Crippen molar-refractivity contribution in [2.45, 2.75) is 58.5 Å². The van der Waals surface area contributed by atoms with E-state index in [0.717, 1.165) is 42.4 Å². The Bertz CT molecular complexity index is 1140. The Labute approximate surface area is 225 Å². The first-order valence-corrected chi connectivity index (χ1v) is 17.0. The monoisotopic (exact) mass is 519 g/mol. The van der Waals surface area contributed by atoms with E-state index in [9.17, 15) is 0 Å². The van der Waals surface area contributed by atoms with Gasteiger partial charge < -0.3 is 4.74 Å². The number of benzene rings is 3. The van der Waals surface area contributed by atoms with Gasteiger partial charge in [-0.3, -0.25) is 0 Å². The molecule has 1 saturated carbocycles. The third-order valence-corrected chi connectivity index (χ3v) is 13.8. The molecule has 0 amide bonds. The number of hydrogen-bond donors (Lipinski definition) is 1. The van der Waals surface area contributed by atoms with Crippen LogP contribution in [0.5, 0.6) is 11.5 Å². The third-order valence-electron chi connectivity index (χ3n) is 8.35. The van der Waals surface area contributed by atoms with Crippen LogP contribution in [0.2, 0.25) is 0 Å². The van der Waals surface area contributed by atoms with E-state index < -0.39 is 7.26 Å². The van der Waals surface area contributed by atoms with Gasteiger partial charge in [-0.2, -0.15) is 0 Å². The molecule has 1 N–H and O–H groups in total. The molecule has 3 aromatic rings. The van der Waals surface area contributed by atoms with Crippen LogP contribution in [-0.2, 0) is 0 Å². The number of ether oxygens (including phenoxy) is 2. The van der Waals surface area contributed by atoms with Gasteiger partial charge in [-0.15, -0.1) is 0 Å².